The highest BCUT2D eigenvalue weighted by Crippen LogP contribution is 2.34. The van der Waals surface area contributed by atoms with Gasteiger partial charge < -0.3 is 4.74 Å². The van der Waals surface area contributed by atoms with Crippen LogP contribution in [0.5, 0.6) is 5.75 Å². The van der Waals surface area contributed by atoms with Gasteiger partial charge >= 0.3 is 0 Å². The first-order chi connectivity index (χ1) is 15.0. The first-order valence-corrected chi connectivity index (χ1v) is 10.2. The van der Waals surface area contributed by atoms with Gasteiger partial charge in [0.2, 0.25) is 0 Å². The lowest BCUT2D eigenvalue weighted by atomic mass is 9.92. The van der Waals surface area contributed by atoms with Gasteiger partial charge in [0, 0.05) is 6.42 Å². The summed E-state index contributed by atoms with van der Waals surface area (Å²) in [4.78, 5) is 50.9. The number of amides is 2. The van der Waals surface area contributed by atoms with E-state index < -0.39 is 17.9 Å². The molecule has 2 aliphatic rings. The highest BCUT2D eigenvalue weighted by Gasteiger charge is 2.45. The van der Waals surface area contributed by atoms with Crippen molar-refractivity contribution in [1.82, 2.24) is 4.90 Å². The quantitative estimate of drug-likeness (QED) is 0.481. The number of hydrogen-bond donors (Lipinski definition) is 0. The fourth-order valence-corrected chi connectivity index (χ4v) is 4.30. The minimum atomic E-state index is -0.890. The van der Waals surface area contributed by atoms with Gasteiger partial charge in [0.1, 0.15) is 18.1 Å². The molecule has 0 saturated heterocycles. The van der Waals surface area contributed by atoms with Crippen LogP contribution < -0.4 is 4.74 Å². The maximum absolute atomic E-state index is 13.1. The molecule has 1 aliphatic heterocycles. The molecule has 0 radical (unpaired) electrons. The van der Waals surface area contributed by atoms with E-state index in [1.54, 1.807) is 18.2 Å². The maximum Gasteiger partial charge on any atom is 0.266 e. The van der Waals surface area contributed by atoms with Crippen molar-refractivity contribution in [2.45, 2.75) is 31.9 Å². The topological polar surface area (TPSA) is 80.8 Å². The van der Waals surface area contributed by atoms with Crippen LogP contribution in [-0.4, -0.2) is 34.3 Å². The Morgan fingerprint density at radius 2 is 1.68 bits per heavy atom. The SMILES string of the molecule is O=C1CCC(N2C(=O)c3cccc(OCc4ccc5ccccc5c4)c3C2=O)C(=O)C1. The molecule has 1 atom stereocenters. The van der Waals surface area contributed by atoms with Crippen LogP contribution >= 0.6 is 0 Å². The molecule has 31 heavy (non-hydrogen) atoms. The molecular formula is C25H19NO5. The Balaban J connectivity index is 1.41. The highest BCUT2D eigenvalue weighted by atomic mass is 16.5. The van der Waals surface area contributed by atoms with Gasteiger partial charge in [-0.3, -0.25) is 24.1 Å². The van der Waals surface area contributed by atoms with E-state index in [1.807, 2.05) is 42.5 Å². The van der Waals surface area contributed by atoms with Crippen molar-refractivity contribution in [2.24, 2.45) is 0 Å². The molecule has 0 bridgehead atoms. The van der Waals surface area contributed by atoms with Crippen LogP contribution in [0.15, 0.2) is 60.7 Å². The Morgan fingerprint density at radius 3 is 2.48 bits per heavy atom. The molecule has 3 aromatic rings. The minimum absolute atomic E-state index is 0.155. The molecular weight excluding hydrogens is 394 g/mol. The number of imide groups is 1. The third-order valence-electron chi connectivity index (χ3n) is 5.87. The largest absolute Gasteiger partial charge is 0.488 e. The van der Waals surface area contributed by atoms with Crippen LogP contribution in [0.4, 0.5) is 0 Å². The molecule has 3 aromatic carbocycles. The third kappa shape index (κ3) is 3.30. The van der Waals surface area contributed by atoms with Gasteiger partial charge in [-0.2, -0.15) is 0 Å². The highest BCUT2D eigenvalue weighted by molar-refractivity contribution is 6.24. The Bertz CT molecular complexity index is 1260. The standard InChI is InChI=1S/C25H19NO5/c27-18-10-11-20(21(28)13-18)26-24(29)19-6-3-7-22(23(19)25(26)30)31-14-15-8-9-16-4-1-2-5-17(16)12-15/h1-9,12,20H,10-11,13-14H2. The molecule has 154 valence electrons. The summed E-state index contributed by atoms with van der Waals surface area (Å²) in [5.74, 6) is -1.28. The number of Topliss-reactive ketones (excluding diaryl/α,β-unsaturated/α-hetero) is 2. The first kappa shape index (κ1) is 19.2. The zero-order valence-electron chi connectivity index (χ0n) is 16.7. The molecule has 0 spiro atoms. The summed E-state index contributed by atoms with van der Waals surface area (Å²) in [5, 5.41) is 2.21. The molecule has 1 unspecified atom stereocenters. The second-order valence-electron chi connectivity index (χ2n) is 7.87. The number of rotatable bonds is 4. The van der Waals surface area contributed by atoms with Crippen LogP contribution in [-0.2, 0) is 16.2 Å². The number of carbonyl (C=O) groups excluding carboxylic acids is 4. The molecule has 1 heterocycles. The Morgan fingerprint density at radius 1 is 0.871 bits per heavy atom. The average Bonchev–Trinajstić information content (AvgIpc) is 3.03. The lowest BCUT2D eigenvalue weighted by molar-refractivity contribution is -0.132. The molecule has 1 aliphatic carbocycles. The summed E-state index contributed by atoms with van der Waals surface area (Å²) in [5.41, 5.74) is 1.34. The minimum Gasteiger partial charge on any atom is -0.488 e. The maximum atomic E-state index is 13.1. The van der Waals surface area contributed by atoms with Crippen molar-refractivity contribution < 1.29 is 23.9 Å². The predicted octanol–water partition coefficient (Wildman–Crippen LogP) is 3.71. The number of nitrogens with zero attached hydrogens (tertiary/aromatic N) is 1. The smallest absolute Gasteiger partial charge is 0.266 e. The third-order valence-corrected chi connectivity index (χ3v) is 5.87. The molecule has 6 nitrogen and oxygen atoms in total. The van der Waals surface area contributed by atoms with Crippen molar-refractivity contribution in [3.05, 3.63) is 77.4 Å². The molecule has 1 fully saturated rings. The molecule has 0 aromatic heterocycles. The van der Waals surface area contributed by atoms with Crippen molar-refractivity contribution in [2.75, 3.05) is 0 Å². The summed E-state index contributed by atoms with van der Waals surface area (Å²) < 4.78 is 5.94. The molecule has 2 amide bonds. The Hall–Kier alpha value is -3.80. The van der Waals surface area contributed by atoms with E-state index in [0.29, 0.717) is 5.75 Å². The number of ether oxygens (including phenoxy) is 1. The second kappa shape index (κ2) is 7.47. The van der Waals surface area contributed by atoms with Crippen LogP contribution in [0.1, 0.15) is 45.5 Å². The van der Waals surface area contributed by atoms with Crippen LogP contribution in [0.3, 0.4) is 0 Å². The van der Waals surface area contributed by atoms with Gasteiger partial charge in [0.15, 0.2) is 5.78 Å². The summed E-state index contributed by atoms with van der Waals surface area (Å²) in [6.45, 7) is 0.236. The van der Waals surface area contributed by atoms with Gasteiger partial charge in [0.25, 0.3) is 11.8 Å². The zero-order valence-corrected chi connectivity index (χ0v) is 16.7. The number of fused-ring (bicyclic) bond motifs is 2. The molecule has 5 rings (SSSR count). The lowest BCUT2D eigenvalue weighted by Gasteiger charge is -2.27. The Labute approximate surface area is 178 Å². The summed E-state index contributed by atoms with van der Waals surface area (Å²) in [6.07, 6.45) is 0.134. The number of benzene rings is 3. The van der Waals surface area contributed by atoms with E-state index >= 15 is 0 Å². The first-order valence-electron chi connectivity index (χ1n) is 10.2. The fraction of sp³-hybridized carbons (Fsp3) is 0.200. The zero-order chi connectivity index (χ0) is 21.5. The lowest BCUT2D eigenvalue weighted by Crippen LogP contribution is -2.47. The monoisotopic (exact) mass is 413 g/mol. The van der Waals surface area contributed by atoms with Crippen LogP contribution in [0.25, 0.3) is 10.8 Å². The van der Waals surface area contributed by atoms with E-state index in [4.69, 9.17) is 4.74 Å². The van der Waals surface area contributed by atoms with Gasteiger partial charge in [0.05, 0.1) is 23.6 Å². The predicted molar refractivity (Wildman–Crippen MR) is 113 cm³/mol. The molecule has 0 N–H and O–H groups in total. The van der Waals surface area contributed by atoms with Crippen molar-refractivity contribution in [1.29, 1.82) is 0 Å². The van der Waals surface area contributed by atoms with Crippen molar-refractivity contribution in [3.8, 4) is 5.75 Å². The van der Waals surface area contributed by atoms with Crippen molar-refractivity contribution in [3.63, 3.8) is 0 Å². The van der Waals surface area contributed by atoms with Crippen LogP contribution in [0.2, 0.25) is 0 Å². The van der Waals surface area contributed by atoms with E-state index in [0.717, 1.165) is 21.2 Å². The normalized spacial score (nSPS) is 18.6. The van der Waals surface area contributed by atoms with Gasteiger partial charge in [-0.05, 0) is 41.0 Å². The van der Waals surface area contributed by atoms with Gasteiger partial charge in [-0.1, -0.05) is 42.5 Å². The number of ketones is 2. The van der Waals surface area contributed by atoms with E-state index in [1.165, 1.54) is 0 Å². The van der Waals surface area contributed by atoms with Gasteiger partial charge in [-0.15, -0.1) is 0 Å². The Kier molecular flexibility index (Phi) is 4.62. The van der Waals surface area contributed by atoms with E-state index in [9.17, 15) is 19.2 Å². The number of hydrogen-bond acceptors (Lipinski definition) is 5. The van der Waals surface area contributed by atoms with E-state index in [-0.39, 0.29) is 48.6 Å². The van der Waals surface area contributed by atoms with Crippen molar-refractivity contribution >= 4 is 34.2 Å². The molecule has 1 saturated carbocycles. The summed E-state index contributed by atoms with van der Waals surface area (Å²) in [6, 6.07) is 18.0. The second-order valence-corrected chi connectivity index (χ2v) is 7.87. The number of carbonyl (C=O) groups is 4. The molecule has 6 heteroatoms. The summed E-state index contributed by atoms with van der Waals surface area (Å²) in [7, 11) is 0. The summed E-state index contributed by atoms with van der Waals surface area (Å²) >= 11 is 0. The van der Waals surface area contributed by atoms with E-state index in [2.05, 4.69) is 0 Å². The average molecular weight is 413 g/mol. The van der Waals surface area contributed by atoms with Gasteiger partial charge in [-0.25, -0.2) is 0 Å². The van der Waals surface area contributed by atoms with Crippen LogP contribution in [0, 0.1) is 0 Å². The fourth-order valence-electron chi connectivity index (χ4n) is 4.30.